The first-order valence-electron chi connectivity index (χ1n) is 5.99. The minimum Gasteiger partial charge on any atom is -0.356 e. The number of amides is 1. The summed E-state index contributed by atoms with van der Waals surface area (Å²) < 4.78 is 0. The highest BCUT2D eigenvalue weighted by Gasteiger charge is 2.12. The van der Waals surface area contributed by atoms with Gasteiger partial charge in [0, 0.05) is 18.7 Å². The van der Waals surface area contributed by atoms with Crippen LogP contribution < -0.4 is 5.32 Å². The number of rotatable bonds is 2. The second-order valence-corrected chi connectivity index (χ2v) is 4.59. The van der Waals surface area contributed by atoms with Crippen LogP contribution in [0.3, 0.4) is 0 Å². The van der Waals surface area contributed by atoms with E-state index in [1.807, 2.05) is 6.92 Å². The van der Waals surface area contributed by atoms with Gasteiger partial charge >= 0.3 is 0 Å². The van der Waals surface area contributed by atoms with Gasteiger partial charge in [-0.3, -0.25) is 4.79 Å². The first kappa shape index (κ1) is 12.2. The van der Waals surface area contributed by atoms with E-state index in [0.29, 0.717) is 12.3 Å². The van der Waals surface area contributed by atoms with E-state index in [4.69, 9.17) is 5.41 Å². The number of hydrogen-bond donors (Lipinski definition) is 2. The van der Waals surface area contributed by atoms with Crippen molar-refractivity contribution in [3.63, 3.8) is 0 Å². The van der Waals surface area contributed by atoms with Crippen LogP contribution >= 0.6 is 0 Å². The van der Waals surface area contributed by atoms with Crippen LogP contribution in [-0.4, -0.2) is 18.2 Å². The molecule has 1 aliphatic rings. The van der Waals surface area contributed by atoms with Gasteiger partial charge in [-0.25, -0.2) is 0 Å². The van der Waals surface area contributed by atoms with Gasteiger partial charge in [0.2, 0.25) is 5.91 Å². The first-order chi connectivity index (χ1) is 7.18. The molecule has 1 aliphatic heterocycles. The molecule has 3 heteroatoms. The first-order valence-corrected chi connectivity index (χ1v) is 5.99. The second-order valence-electron chi connectivity index (χ2n) is 4.59. The van der Waals surface area contributed by atoms with Gasteiger partial charge < -0.3 is 10.7 Å². The highest BCUT2D eigenvalue weighted by Crippen LogP contribution is 2.19. The fourth-order valence-corrected chi connectivity index (χ4v) is 2.18. The zero-order valence-corrected chi connectivity index (χ0v) is 9.64. The fourth-order valence-electron chi connectivity index (χ4n) is 2.18. The molecule has 15 heavy (non-hydrogen) atoms. The number of hydrogen-bond acceptors (Lipinski definition) is 2. The van der Waals surface area contributed by atoms with Crippen molar-refractivity contribution in [1.82, 2.24) is 5.32 Å². The molecule has 0 spiro atoms. The lowest BCUT2D eigenvalue weighted by atomic mass is 9.92. The third-order valence-electron chi connectivity index (χ3n) is 2.99. The quantitative estimate of drug-likeness (QED) is 0.676. The molecule has 1 heterocycles. The van der Waals surface area contributed by atoms with E-state index in [1.165, 1.54) is 12.8 Å². The van der Waals surface area contributed by atoms with Crippen LogP contribution in [0.2, 0.25) is 0 Å². The topological polar surface area (TPSA) is 53.0 Å². The van der Waals surface area contributed by atoms with Crippen molar-refractivity contribution in [3.8, 4) is 0 Å². The van der Waals surface area contributed by atoms with Crippen LogP contribution in [0.4, 0.5) is 0 Å². The zero-order chi connectivity index (χ0) is 11.1. The van der Waals surface area contributed by atoms with Crippen molar-refractivity contribution in [2.24, 2.45) is 5.92 Å². The van der Waals surface area contributed by atoms with Crippen molar-refractivity contribution >= 4 is 11.6 Å². The highest BCUT2D eigenvalue weighted by molar-refractivity contribution is 5.78. The molecule has 0 aliphatic carbocycles. The van der Waals surface area contributed by atoms with Gasteiger partial charge in [-0.15, -0.1) is 0 Å². The van der Waals surface area contributed by atoms with E-state index in [-0.39, 0.29) is 5.91 Å². The lowest BCUT2D eigenvalue weighted by molar-refractivity contribution is -0.121. The summed E-state index contributed by atoms with van der Waals surface area (Å²) in [5.41, 5.74) is 0.767. The monoisotopic (exact) mass is 210 g/mol. The fraction of sp³-hybridized carbons (Fsp3) is 0.833. The van der Waals surface area contributed by atoms with Gasteiger partial charge in [-0.05, 0) is 32.1 Å². The van der Waals surface area contributed by atoms with Gasteiger partial charge in [-0.1, -0.05) is 19.3 Å². The van der Waals surface area contributed by atoms with E-state index in [1.54, 1.807) is 0 Å². The number of carbonyl (C=O) groups excluding carboxylic acids is 1. The lowest BCUT2D eigenvalue weighted by Crippen LogP contribution is -2.26. The average molecular weight is 210 g/mol. The molecule has 0 radical (unpaired) electrons. The van der Waals surface area contributed by atoms with Crippen LogP contribution in [-0.2, 0) is 4.79 Å². The Morgan fingerprint density at radius 3 is 2.93 bits per heavy atom. The summed E-state index contributed by atoms with van der Waals surface area (Å²) in [7, 11) is 0. The maximum atomic E-state index is 11.3. The summed E-state index contributed by atoms with van der Waals surface area (Å²) in [4.78, 5) is 11.3. The van der Waals surface area contributed by atoms with E-state index >= 15 is 0 Å². The van der Waals surface area contributed by atoms with Crippen molar-refractivity contribution in [1.29, 1.82) is 5.41 Å². The Morgan fingerprint density at radius 1 is 1.40 bits per heavy atom. The normalized spacial score (nSPS) is 24.3. The molecule has 1 rings (SSSR count). The summed E-state index contributed by atoms with van der Waals surface area (Å²) in [5, 5.41) is 10.5. The maximum Gasteiger partial charge on any atom is 0.219 e. The molecule has 1 saturated heterocycles. The molecule has 0 saturated carbocycles. The number of carbonyl (C=O) groups is 1. The van der Waals surface area contributed by atoms with Gasteiger partial charge in [0.1, 0.15) is 0 Å². The van der Waals surface area contributed by atoms with Crippen molar-refractivity contribution < 1.29 is 4.79 Å². The predicted octanol–water partition coefficient (Wildman–Crippen LogP) is 2.50. The van der Waals surface area contributed by atoms with Crippen LogP contribution in [0.15, 0.2) is 0 Å². The maximum absolute atomic E-state index is 11.3. The zero-order valence-electron chi connectivity index (χ0n) is 9.64. The average Bonchev–Trinajstić information content (AvgIpc) is 2.16. The Labute approximate surface area is 92.1 Å². The molecule has 0 aromatic carbocycles. The van der Waals surface area contributed by atoms with E-state index in [0.717, 1.165) is 37.9 Å². The van der Waals surface area contributed by atoms with Gasteiger partial charge in [0.05, 0.1) is 0 Å². The summed E-state index contributed by atoms with van der Waals surface area (Å²) in [6, 6.07) is 0. The molecule has 1 amide bonds. The van der Waals surface area contributed by atoms with Crippen LogP contribution in [0.1, 0.15) is 51.9 Å². The molecule has 1 atom stereocenters. The SMILES string of the molecule is CC(=N)C[C@H]1CCCCCC(=O)NCC1. The second kappa shape index (κ2) is 6.59. The Morgan fingerprint density at radius 2 is 2.20 bits per heavy atom. The molecular weight excluding hydrogens is 188 g/mol. The van der Waals surface area contributed by atoms with Gasteiger partial charge in [0.25, 0.3) is 0 Å². The summed E-state index contributed by atoms with van der Waals surface area (Å²) >= 11 is 0. The Balaban J connectivity index is 2.36. The molecule has 0 aromatic heterocycles. The van der Waals surface area contributed by atoms with E-state index in [9.17, 15) is 4.79 Å². The Bertz CT molecular complexity index is 226. The molecule has 1 fully saturated rings. The predicted molar refractivity (Wildman–Crippen MR) is 62.2 cm³/mol. The van der Waals surface area contributed by atoms with Crippen LogP contribution in [0.5, 0.6) is 0 Å². The van der Waals surface area contributed by atoms with E-state index < -0.39 is 0 Å². The van der Waals surface area contributed by atoms with Crippen LogP contribution in [0, 0.1) is 11.3 Å². The number of nitrogens with one attached hydrogen (secondary N) is 2. The summed E-state index contributed by atoms with van der Waals surface area (Å²) in [6.45, 7) is 2.66. The highest BCUT2D eigenvalue weighted by atomic mass is 16.1. The third-order valence-corrected chi connectivity index (χ3v) is 2.99. The van der Waals surface area contributed by atoms with Gasteiger partial charge in [-0.2, -0.15) is 0 Å². The van der Waals surface area contributed by atoms with E-state index in [2.05, 4.69) is 5.32 Å². The molecule has 86 valence electrons. The smallest absolute Gasteiger partial charge is 0.219 e. The molecule has 3 nitrogen and oxygen atoms in total. The molecule has 0 bridgehead atoms. The molecule has 0 aromatic rings. The third kappa shape index (κ3) is 5.55. The molecular formula is C12H22N2O. The lowest BCUT2D eigenvalue weighted by Gasteiger charge is -2.18. The minimum absolute atomic E-state index is 0.197. The summed E-state index contributed by atoms with van der Waals surface area (Å²) in [6.07, 6.45) is 7.21. The Kier molecular flexibility index (Phi) is 5.37. The molecule has 0 unspecified atom stereocenters. The molecule has 2 N–H and O–H groups in total. The van der Waals surface area contributed by atoms with Crippen molar-refractivity contribution in [2.75, 3.05) is 6.54 Å². The standard InChI is InChI=1S/C12H22N2O/c1-10(13)9-11-5-3-2-4-6-12(15)14-8-7-11/h11,13H,2-9H2,1H3,(H,14,15)/t11-/m0/s1. The van der Waals surface area contributed by atoms with Crippen molar-refractivity contribution in [2.45, 2.75) is 51.9 Å². The van der Waals surface area contributed by atoms with Crippen molar-refractivity contribution in [3.05, 3.63) is 0 Å². The minimum atomic E-state index is 0.197. The largest absolute Gasteiger partial charge is 0.356 e. The summed E-state index contributed by atoms with van der Waals surface area (Å²) in [5.74, 6) is 0.795. The van der Waals surface area contributed by atoms with Crippen LogP contribution in [0.25, 0.3) is 0 Å². The Hall–Kier alpha value is -0.860. The van der Waals surface area contributed by atoms with Gasteiger partial charge in [0.15, 0.2) is 0 Å².